The molecular formula is C43H61N7O7. The quantitative estimate of drug-likeness (QED) is 0.0351. The third kappa shape index (κ3) is 17.0. The molecule has 1 fully saturated rings. The van der Waals surface area contributed by atoms with Gasteiger partial charge in [0.25, 0.3) is 5.91 Å². The van der Waals surface area contributed by atoms with Crippen molar-refractivity contribution in [1.29, 1.82) is 5.41 Å². The SMILES string of the molecule is CN1CCC(Nc2cccc(C(=O)NCc3ccc(OCCCCCCOCCOCCOCCCCCC(=O)O)cc3)c2)(C(N)=NC(=N)c2ccncc2)CC1. The molecule has 14 heteroatoms. The number of anilines is 1. The first-order chi connectivity index (χ1) is 27.7. The molecule has 0 saturated carbocycles. The highest BCUT2D eigenvalue weighted by Crippen LogP contribution is 2.28. The first-order valence-corrected chi connectivity index (χ1v) is 20.1. The van der Waals surface area contributed by atoms with Crippen molar-refractivity contribution in [3.05, 3.63) is 89.7 Å². The van der Waals surface area contributed by atoms with Gasteiger partial charge in [-0.1, -0.05) is 31.0 Å². The summed E-state index contributed by atoms with van der Waals surface area (Å²) < 4.78 is 22.6. The molecule has 0 radical (unpaired) electrons. The minimum absolute atomic E-state index is 0.0793. The number of aliphatic imine (C=N–C) groups is 1. The van der Waals surface area contributed by atoms with Crippen molar-refractivity contribution in [3.8, 4) is 5.75 Å². The number of carboxylic acids is 1. The fourth-order valence-corrected chi connectivity index (χ4v) is 6.30. The molecule has 310 valence electrons. The van der Waals surface area contributed by atoms with Crippen LogP contribution in [0.25, 0.3) is 0 Å². The summed E-state index contributed by atoms with van der Waals surface area (Å²) in [5.74, 6) is 0.296. The number of amidine groups is 2. The number of aliphatic carboxylic acids is 1. The van der Waals surface area contributed by atoms with Gasteiger partial charge < -0.3 is 45.3 Å². The second kappa shape index (κ2) is 25.4. The number of nitrogens with one attached hydrogen (secondary N) is 3. The van der Waals surface area contributed by atoms with Gasteiger partial charge in [0.1, 0.15) is 11.6 Å². The molecule has 1 aliphatic rings. The topological polar surface area (TPSA) is 194 Å². The van der Waals surface area contributed by atoms with E-state index < -0.39 is 11.5 Å². The molecule has 6 N–H and O–H groups in total. The highest BCUT2D eigenvalue weighted by molar-refractivity contribution is 6.07. The van der Waals surface area contributed by atoms with Gasteiger partial charge in [-0.25, -0.2) is 4.99 Å². The van der Waals surface area contributed by atoms with Gasteiger partial charge in [0.15, 0.2) is 5.84 Å². The molecule has 0 spiro atoms. The number of carbonyl (C=O) groups excluding carboxylic acids is 1. The number of nitrogens with two attached hydrogens (primary N) is 1. The van der Waals surface area contributed by atoms with Crippen molar-refractivity contribution in [1.82, 2.24) is 15.2 Å². The Balaban J connectivity index is 1.08. The lowest BCUT2D eigenvalue weighted by Gasteiger charge is -2.41. The summed E-state index contributed by atoms with van der Waals surface area (Å²) in [7, 11) is 2.07. The molecule has 1 saturated heterocycles. The van der Waals surface area contributed by atoms with Crippen LogP contribution in [-0.4, -0.2) is 110 Å². The van der Waals surface area contributed by atoms with E-state index in [0.29, 0.717) is 89.0 Å². The summed E-state index contributed by atoms with van der Waals surface area (Å²) in [6.07, 6.45) is 11.4. The largest absolute Gasteiger partial charge is 0.494 e. The van der Waals surface area contributed by atoms with Gasteiger partial charge in [-0.3, -0.25) is 20.0 Å². The van der Waals surface area contributed by atoms with Crippen molar-refractivity contribution >= 4 is 29.2 Å². The number of nitrogens with zero attached hydrogens (tertiary/aromatic N) is 3. The number of hydrogen-bond acceptors (Lipinski definition) is 10. The maximum atomic E-state index is 13.2. The monoisotopic (exact) mass is 787 g/mol. The molecular weight excluding hydrogens is 727 g/mol. The Hall–Kier alpha value is -4.89. The van der Waals surface area contributed by atoms with Crippen LogP contribution in [-0.2, 0) is 25.5 Å². The molecule has 1 aromatic heterocycles. The molecule has 0 atom stereocenters. The first kappa shape index (κ1) is 44.8. The minimum atomic E-state index is -0.748. The molecule has 57 heavy (non-hydrogen) atoms. The molecule has 0 unspecified atom stereocenters. The Labute approximate surface area is 337 Å². The number of hydrogen-bond donors (Lipinski definition) is 5. The fraction of sp³-hybridized carbons (Fsp3) is 0.512. The second-order valence-electron chi connectivity index (χ2n) is 14.3. The normalized spacial score (nSPS) is 14.2. The zero-order valence-electron chi connectivity index (χ0n) is 33.4. The highest BCUT2D eigenvalue weighted by Gasteiger charge is 2.38. The Morgan fingerprint density at radius 3 is 2.09 bits per heavy atom. The van der Waals surface area contributed by atoms with E-state index in [2.05, 4.69) is 32.6 Å². The average Bonchev–Trinajstić information content (AvgIpc) is 3.22. The highest BCUT2D eigenvalue weighted by atomic mass is 16.5. The number of amides is 1. The van der Waals surface area contributed by atoms with Crippen LogP contribution in [0, 0.1) is 5.41 Å². The molecule has 0 aliphatic carbocycles. The summed E-state index contributed by atoms with van der Waals surface area (Å²) in [6, 6.07) is 18.7. The van der Waals surface area contributed by atoms with Crippen LogP contribution in [0.5, 0.6) is 5.75 Å². The minimum Gasteiger partial charge on any atom is -0.494 e. The maximum absolute atomic E-state index is 13.2. The summed E-state index contributed by atoms with van der Waals surface area (Å²) >= 11 is 0. The van der Waals surface area contributed by atoms with Gasteiger partial charge in [0.05, 0.1) is 38.6 Å². The van der Waals surface area contributed by atoms with Crippen molar-refractivity contribution in [3.63, 3.8) is 0 Å². The van der Waals surface area contributed by atoms with Crippen LogP contribution in [0.15, 0.2) is 78.0 Å². The van der Waals surface area contributed by atoms with E-state index in [9.17, 15) is 9.59 Å². The number of aromatic nitrogens is 1. The van der Waals surface area contributed by atoms with Crippen LogP contribution in [0.3, 0.4) is 0 Å². The molecule has 1 aliphatic heterocycles. The number of unbranched alkanes of at least 4 members (excludes halogenated alkanes) is 5. The first-order valence-electron chi connectivity index (χ1n) is 20.1. The number of ether oxygens (including phenoxy) is 4. The lowest BCUT2D eigenvalue weighted by molar-refractivity contribution is -0.137. The predicted molar refractivity (Wildman–Crippen MR) is 222 cm³/mol. The van der Waals surface area contributed by atoms with Gasteiger partial charge in [-0.15, -0.1) is 0 Å². The lowest BCUT2D eigenvalue weighted by Crippen LogP contribution is -2.56. The van der Waals surface area contributed by atoms with E-state index in [1.807, 2.05) is 42.5 Å². The Kier molecular flexibility index (Phi) is 20.0. The molecule has 14 nitrogen and oxygen atoms in total. The number of carbonyl (C=O) groups is 2. The van der Waals surface area contributed by atoms with Gasteiger partial charge in [-0.2, -0.15) is 0 Å². The van der Waals surface area contributed by atoms with E-state index in [0.717, 1.165) is 68.6 Å². The van der Waals surface area contributed by atoms with E-state index in [4.69, 9.17) is 35.2 Å². The summed E-state index contributed by atoms with van der Waals surface area (Å²) in [4.78, 5) is 34.5. The maximum Gasteiger partial charge on any atom is 0.303 e. The number of piperidine rings is 1. The van der Waals surface area contributed by atoms with Crippen LogP contribution in [0.2, 0.25) is 0 Å². The van der Waals surface area contributed by atoms with Gasteiger partial charge in [0.2, 0.25) is 0 Å². The fourth-order valence-electron chi connectivity index (χ4n) is 6.30. The molecule has 2 heterocycles. The third-order valence-corrected chi connectivity index (χ3v) is 9.78. The Morgan fingerprint density at radius 1 is 0.825 bits per heavy atom. The summed E-state index contributed by atoms with van der Waals surface area (Å²) in [5, 5.41) is 23.7. The molecule has 1 amide bonds. The van der Waals surface area contributed by atoms with Crippen LogP contribution in [0.1, 0.15) is 85.7 Å². The van der Waals surface area contributed by atoms with Crippen molar-refractivity contribution in [2.75, 3.05) is 71.7 Å². The van der Waals surface area contributed by atoms with E-state index in [-0.39, 0.29) is 18.2 Å². The molecule has 3 aromatic rings. The van der Waals surface area contributed by atoms with E-state index in [1.54, 1.807) is 30.6 Å². The zero-order valence-corrected chi connectivity index (χ0v) is 33.4. The van der Waals surface area contributed by atoms with Crippen LogP contribution < -0.4 is 21.1 Å². The van der Waals surface area contributed by atoms with E-state index >= 15 is 0 Å². The van der Waals surface area contributed by atoms with E-state index in [1.165, 1.54) is 0 Å². The molecule has 2 aromatic carbocycles. The standard InChI is InChI=1S/C43H61N7O7/c1-50-23-19-43(20-24-50,42(45)48-40(44)35-17-21-46-22-18-35)49-37-11-9-10-36(32-37)41(53)47-33-34-13-15-38(16-14-34)57-27-8-3-2-6-25-54-28-30-56-31-29-55-26-7-4-5-12-39(51)52/h9-11,13-18,21-22,32,49H,2-8,12,19-20,23-31,33H2,1H3,(H,47,53)(H,51,52)(H3,44,45,48). The third-order valence-electron chi connectivity index (χ3n) is 9.78. The summed E-state index contributed by atoms with van der Waals surface area (Å²) in [6.45, 7) is 6.16. The molecule has 0 bridgehead atoms. The van der Waals surface area contributed by atoms with Crippen molar-refractivity contribution < 1.29 is 33.6 Å². The van der Waals surface area contributed by atoms with Crippen LogP contribution in [0.4, 0.5) is 5.69 Å². The number of benzene rings is 2. The second-order valence-corrected chi connectivity index (χ2v) is 14.3. The van der Waals surface area contributed by atoms with Gasteiger partial charge in [-0.05, 0) is 100 Å². The van der Waals surface area contributed by atoms with Crippen LogP contribution >= 0.6 is 0 Å². The number of pyridine rings is 1. The average molecular weight is 788 g/mol. The van der Waals surface area contributed by atoms with Crippen molar-refractivity contribution in [2.45, 2.75) is 76.3 Å². The Morgan fingerprint density at radius 2 is 1.44 bits per heavy atom. The van der Waals surface area contributed by atoms with Gasteiger partial charge in [0, 0.05) is 68.5 Å². The van der Waals surface area contributed by atoms with Crippen molar-refractivity contribution in [2.24, 2.45) is 10.7 Å². The molecule has 4 rings (SSSR count). The number of likely N-dealkylation sites (tertiary alicyclic amines) is 1. The number of rotatable bonds is 27. The summed E-state index contributed by atoms with van der Waals surface area (Å²) in [5.41, 5.74) is 8.87. The Bertz CT molecular complexity index is 1670. The zero-order chi connectivity index (χ0) is 40.6. The predicted octanol–water partition coefficient (Wildman–Crippen LogP) is 5.90. The van der Waals surface area contributed by atoms with Gasteiger partial charge >= 0.3 is 5.97 Å². The lowest BCUT2D eigenvalue weighted by atomic mass is 9.85. The smallest absolute Gasteiger partial charge is 0.303 e. The number of carboxylic acid groups (broad SMARTS) is 1.